The summed E-state index contributed by atoms with van der Waals surface area (Å²) in [6.45, 7) is 6.75. The monoisotopic (exact) mass is 293 g/mol. The summed E-state index contributed by atoms with van der Waals surface area (Å²) in [6.07, 6.45) is 6.54. The van der Waals surface area contributed by atoms with Crippen molar-refractivity contribution in [3.8, 4) is 5.88 Å². The van der Waals surface area contributed by atoms with Gasteiger partial charge in [0, 0.05) is 19.2 Å². The highest BCUT2D eigenvalue weighted by Gasteiger charge is 2.22. The molecule has 1 atom stereocenters. The topological polar surface area (TPSA) is 56.3 Å². The fraction of sp³-hybridized carbons (Fsp3) is 0.750. The van der Waals surface area contributed by atoms with Crippen LogP contribution < -0.4 is 10.1 Å². The summed E-state index contributed by atoms with van der Waals surface area (Å²) < 4.78 is 11.4. The average Bonchev–Trinajstić information content (AvgIpc) is 3.02. The van der Waals surface area contributed by atoms with Crippen LogP contribution in [0.15, 0.2) is 6.07 Å². The summed E-state index contributed by atoms with van der Waals surface area (Å²) in [6, 6.07) is 1.89. The lowest BCUT2D eigenvalue weighted by Gasteiger charge is -2.13. The zero-order chi connectivity index (χ0) is 14.9. The maximum atomic E-state index is 5.75. The van der Waals surface area contributed by atoms with E-state index in [1.54, 1.807) is 0 Å². The largest absolute Gasteiger partial charge is 0.478 e. The normalized spacial score (nSPS) is 17.9. The summed E-state index contributed by atoms with van der Waals surface area (Å²) >= 11 is 0. The predicted octanol–water partition coefficient (Wildman–Crippen LogP) is 3.72. The van der Waals surface area contributed by atoms with Gasteiger partial charge in [-0.15, -0.1) is 0 Å². The minimum absolute atomic E-state index is 0.0199. The molecule has 0 bridgehead atoms. The SMILES string of the molecule is CCCCNc1cc(OCCCC)nc(C2CCCO2)n1. The fourth-order valence-electron chi connectivity index (χ4n) is 2.25. The van der Waals surface area contributed by atoms with Crippen LogP contribution in [0, 0.1) is 0 Å². The minimum atomic E-state index is 0.0199. The van der Waals surface area contributed by atoms with E-state index >= 15 is 0 Å². The van der Waals surface area contributed by atoms with Crippen LogP contribution in [-0.2, 0) is 4.74 Å². The highest BCUT2D eigenvalue weighted by Crippen LogP contribution is 2.28. The number of rotatable bonds is 9. The van der Waals surface area contributed by atoms with Crippen LogP contribution in [0.3, 0.4) is 0 Å². The van der Waals surface area contributed by atoms with Crippen molar-refractivity contribution < 1.29 is 9.47 Å². The van der Waals surface area contributed by atoms with Crippen molar-refractivity contribution in [1.82, 2.24) is 9.97 Å². The molecule has 1 saturated heterocycles. The van der Waals surface area contributed by atoms with Gasteiger partial charge in [0.05, 0.1) is 6.61 Å². The predicted molar refractivity (Wildman–Crippen MR) is 83.8 cm³/mol. The lowest BCUT2D eigenvalue weighted by Crippen LogP contribution is -2.10. The molecule has 0 radical (unpaired) electrons. The van der Waals surface area contributed by atoms with E-state index in [2.05, 4.69) is 29.1 Å². The second-order valence-corrected chi connectivity index (χ2v) is 5.43. The van der Waals surface area contributed by atoms with Gasteiger partial charge in [-0.3, -0.25) is 0 Å². The van der Waals surface area contributed by atoms with E-state index in [1.807, 2.05) is 6.07 Å². The molecule has 1 aromatic rings. The van der Waals surface area contributed by atoms with Gasteiger partial charge in [-0.1, -0.05) is 26.7 Å². The van der Waals surface area contributed by atoms with Crippen LogP contribution >= 0.6 is 0 Å². The maximum absolute atomic E-state index is 5.75. The van der Waals surface area contributed by atoms with Crippen molar-refractivity contribution in [2.45, 2.75) is 58.5 Å². The zero-order valence-electron chi connectivity index (χ0n) is 13.2. The summed E-state index contributed by atoms with van der Waals surface area (Å²) in [5.74, 6) is 2.25. The number of nitrogens with one attached hydrogen (secondary N) is 1. The van der Waals surface area contributed by atoms with E-state index < -0.39 is 0 Å². The molecule has 1 aliphatic heterocycles. The van der Waals surface area contributed by atoms with Gasteiger partial charge in [0.2, 0.25) is 5.88 Å². The Hall–Kier alpha value is -1.36. The van der Waals surface area contributed by atoms with Crippen molar-refractivity contribution in [3.05, 3.63) is 11.9 Å². The Morgan fingerprint density at radius 1 is 1.29 bits per heavy atom. The third kappa shape index (κ3) is 5.16. The molecule has 1 aromatic heterocycles. The molecule has 21 heavy (non-hydrogen) atoms. The van der Waals surface area contributed by atoms with Crippen LogP contribution in [0.4, 0.5) is 5.82 Å². The molecule has 0 saturated carbocycles. The second-order valence-electron chi connectivity index (χ2n) is 5.43. The Kier molecular flexibility index (Phi) is 6.73. The highest BCUT2D eigenvalue weighted by atomic mass is 16.5. The van der Waals surface area contributed by atoms with Crippen LogP contribution in [0.1, 0.15) is 64.3 Å². The highest BCUT2D eigenvalue weighted by molar-refractivity contribution is 5.38. The molecule has 5 nitrogen and oxygen atoms in total. The molecule has 0 amide bonds. The van der Waals surface area contributed by atoms with Crippen molar-refractivity contribution in [3.63, 3.8) is 0 Å². The second kappa shape index (κ2) is 8.82. The number of nitrogens with zero attached hydrogens (tertiary/aromatic N) is 2. The van der Waals surface area contributed by atoms with Crippen LogP contribution in [0.25, 0.3) is 0 Å². The van der Waals surface area contributed by atoms with Crippen molar-refractivity contribution >= 4 is 5.82 Å². The summed E-state index contributed by atoms with van der Waals surface area (Å²) in [5, 5.41) is 3.35. The fourth-order valence-corrected chi connectivity index (χ4v) is 2.25. The zero-order valence-corrected chi connectivity index (χ0v) is 13.2. The van der Waals surface area contributed by atoms with Crippen LogP contribution in [-0.4, -0.2) is 29.7 Å². The van der Waals surface area contributed by atoms with Gasteiger partial charge in [-0.05, 0) is 25.7 Å². The Morgan fingerprint density at radius 2 is 2.14 bits per heavy atom. The number of aromatic nitrogens is 2. The van der Waals surface area contributed by atoms with Gasteiger partial charge in [0.25, 0.3) is 0 Å². The van der Waals surface area contributed by atoms with E-state index in [9.17, 15) is 0 Å². The number of ether oxygens (including phenoxy) is 2. The Balaban J connectivity index is 2.06. The van der Waals surface area contributed by atoms with E-state index in [0.717, 1.165) is 63.3 Å². The summed E-state index contributed by atoms with van der Waals surface area (Å²) in [5.41, 5.74) is 0. The van der Waals surface area contributed by atoms with Gasteiger partial charge in [-0.25, -0.2) is 4.98 Å². The maximum Gasteiger partial charge on any atom is 0.218 e. The molecule has 1 fully saturated rings. The first-order valence-corrected chi connectivity index (χ1v) is 8.20. The molecule has 2 rings (SSSR count). The molecule has 1 aliphatic rings. The third-order valence-electron chi connectivity index (χ3n) is 3.52. The van der Waals surface area contributed by atoms with Gasteiger partial charge in [0.15, 0.2) is 5.82 Å². The molecule has 0 aliphatic carbocycles. The minimum Gasteiger partial charge on any atom is -0.478 e. The lowest BCUT2D eigenvalue weighted by molar-refractivity contribution is 0.104. The van der Waals surface area contributed by atoms with Crippen LogP contribution in [0.2, 0.25) is 0 Å². The summed E-state index contributed by atoms with van der Waals surface area (Å²) in [4.78, 5) is 9.11. The molecule has 0 spiro atoms. The number of anilines is 1. The van der Waals surface area contributed by atoms with E-state index in [-0.39, 0.29) is 6.10 Å². The Labute approximate surface area is 127 Å². The van der Waals surface area contributed by atoms with Gasteiger partial charge in [0.1, 0.15) is 11.9 Å². The van der Waals surface area contributed by atoms with Gasteiger partial charge < -0.3 is 14.8 Å². The van der Waals surface area contributed by atoms with Crippen molar-refractivity contribution in [2.75, 3.05) is 25.1 Å². The summed E-state index contributed by atoms with van der Waals surface area (Å²) in [7, 11) is 0. The molecule has 0 aromatic carbocycles. The first kappa shape index (κ1) is 16.0. The third-order valence-corrected chi connectivity index (χ3v) is 3.52. The van der Waals surface area contributed by atoms with E-state index in [0.29, 0.717) is 12.5 Å². The van der Waals surface area contributed by atoms with Crippen molar-refractivity contribution in [1.29, 1.82) is 0 Å². The van der Waals surface area contributed by atoms with Gasteiger partial charge >= 0.3 is 0 Å². The smallest absolute Gasteiger partial charge is 0.218 e. The number of unbranched alkanes of at least 4 members (excludes halogenated alkanes) is 2. The molecule has 2 heterocycles. The molecular weight excluding hydrogens is 266 g/mol. The van der Waals surface area contributed by atoms with Crippen molar-refractivity contribution in [2.24, 2.45) is 0 Å². The average molecular weight is 293 g/mol. The lowest BCUT2D eigenvalue weighted by atomic mass is 10.2. The molecule has 5 heteroatoms. The quantitative estimate of drug-likeness (QED) is 0.703. The standard InChI is InChI=1S/C16H27N3O2/c1-3-5-9-17-14-12-15(21-10-6-4-2)19-16(18-14)13-8-7-11-20-13/h12-13H,3-11H2,1-2H3,(H,17,18,19). The van der Waals surface area contributed by atoms with E-state index in [1.165, 1.54) is 0 Å². The number of hydrogen-bond donors (Lipinski definition) is 1. The molecule has 1 unspecified atom stereocenters. The molecule has 118 valence electrons. The molecular formula is C16H27N3O2. The number of hydrogen-bond acceptors (Lipinski definition) is 5. The van der Waals surface area contributed by atoms with Gasteiger partial charge in [-0.2, -0.15) is 4.98 Å². The van der Waals surface area contributed by atoms with Crippen LogP contribution in [0.5, 0.6) is 5.88 Å². The first-order chi connectivity index (χ1) is 10.3. The van der Waals surface area contributed by atoms with E-state index in [4.69, 9.17) is 9.47 Å². The Bertz CT molecular complexity index is 392. The molecule has 1 N–H and O–H groups in total. The first-order valence-electron chi connectivity index (χ1n) is 8.20. The Morgan fingerprint density at radius 3 is 2.86 bits per heavy atom.